The molecule has 6 heterocycles. The number of amides is 1. The van der Waals surface area contributed by atoms with Gasteiger partial charge in [-0.2, -0.15) is 5.10 Å². The molecule has 0 saturated carbocycles. The summed E-state index contributed by atoms with van der Waals surface area (Å²) in [4.78, 5) is 47.4. The number of nitrogens with zero attached hydrogens (tertiary/aromatic N) is 5. The molecule has 0 aliphatic heterocycles. The number of thiophene rings is 1. The van der Waals surface area contributed by atoms with Crippen molar-refractivity contribution in [1.29, 1.82) is 0 Å². The number of nitrogens with one attached hydrogen (secondary N) is 3. The SMILES string of the molecule is CCCCC(=O)Nc1cncc(-c2ccc3[nH]nc(-c4nc5c(-c6ccc(C(C)=O)s6)nccc5[nH]4)c3n2)c1. The summed E-state index contributed by atoms with van der Waals surface area (Å²) in [5, 5.41) is 10.4. The number of carbonyl (C=O) groups is 2. The Kier molecular flexibility index (Phi) is 6.41. The number of carbonyl (C=O) groups excluding carboxylic acids is 2. The molecule has 0 aliphatic rings. The number of unbranched alkanes of at least 4 members (excludes halogenated alkanes) is 1. The number of hydrogen-bond acceptors (Lipinski definition) is 8. The molecule has 6 rings (SSSR count). The summed E-state index contributed by atoms with van der Waals surface area (Å²) in [7, 11) is 0. The molecule has 1 amide bonds. The van der Waals surface area contributed by atoms with Crippen molar-refractivity contribution < 1.29 is 9.59 Å². The first-order valence-corrected chi connectivity index (χ1v) is 13.4. The number of pyridine rings is 3. The van der Waals surface area contributed by atoms with Crippen molar-refractivity contribution in [1.82, 2.24) is 35.1 Å². The molecule has 194 valence electrons. The molecule has 0 fully saturated rings. The van der Waals surface area contributed by atoms with E-state index in [1.165, 1.54) is 11.3 Å². The van der Waals surface area contributed by atoms with Gasteiger partial charge in [0, 0.05) is 24.4 Å². The Morgan fingerprint density at radius 2 is 1.87 bits per heavy atom. The molecule has 6 aromatic rings. The van der Waals surface area contributed by atoms with Crippen molar-refractivity contribution >= 4 is 50.8 Å². The highest BCUT2D eigenvalue weighted by atomic mass is 32.1. The predicted octanol–water partition coefficient (Wildman–Crippen LogP) is 6.02. The Balaban J connectivity index is 1.36. The first kappa shape index (κ1) is 24.6. The van der Waals surface area contributed by atoms with Gasteiger partial charge in [0.15, 0.2) is 17.3 Å². The molecule has 0 atom stereocenters. The molecule has 0 aliphatic carbocycles. The van der Waals surface area contributed by atoms with Gasteiger partial charge in [-0.25, -0.2) is 9.97 Å². The minimum atomic E-state index is -0.0323. The maximum atomic E-state index is 12.2. The van der Waals surface area contributed by atoms with Gasteiger partial charge in [0.05, 0.1) is 38.4 Å². The van der Waals surface area contributed by atoms with Gasteiger partial charge in [-0.15, -0.1) is 11.3 Å². The van der Waals surface area contributed by atoms with Crippen LogP contribution in [0.15, 0.2) is 55.0 Å². The van der Waals surface area contributed by atoms with E-state index in [9.17, 15) is 9.59 Å². The number of rotatable bonds is 8. The second-order valence-electron chi connectivity index (χ2n) is 9.14. The number of ketones is 1. The van der Waals surface area contributed by atoms with Gasteiger partial charge in [0.25, 0.3) is 0 Å². The zero-order valence-electron chi connectivity index (χ0n) is 21.3. The molecule has 0 saturated heterocycles. The van der Waals surface area contributed by atoms with Crippen LogP contribution >= 0.6 is 11.3 Å². The van der Waals surface area contributed by atoms with E-state index in [1.54, 1.807) is 25.5 Å². The average Bonchev–Trinajstić information content (AvgIpc) is 3.69. The van der Waals surface area contributed by atoms with Gasteiger partial charge in [-0.1, -0.05) is 13.3 Å². The zero-order valence-corrected chi connectivity index (χ0v) is 22.1. The van der Waals surface area contributed by atoms with Crippen LogP contribution in [0.4, 0.5) is 5.69 Å². The lowest BCUT2D eigenvalue weighted by Crippen LogP contribution is -2.11. The lowest BCUT2D eigenvalue weighted by atomic mass is 10.1. The van der Waals surface area contributed by atoms with Crippen LogP contribution in [0, 0.1) is 0 Å². The van der Waals surface area contributed by atoms with Gasteiger partial charge >= 0.3 is 0 Å². The largest absolute Gasteiger partial charge is 0.336 e. The van der Waals surface area contributed by atoms with E-state index in [1.807, 2.05) is 36.4 Å². The van der Waals surface area contributed by atoms with Crippen LogP contribution in [-0.2, 0) is 4.79 Å². The fraction of sp³-hybridized carbons (Fsp3) is 0.179. The number of hydrogen-bond donors (Lipinski definition) is 3. The molecule has 0 spiro atoms. The van der Waals surface area contributed by atoms with Crippen LogP contribution in [-0.4, -0.2) is 46.8 Å². The minimum Gasteiger partial charge on any atom is -0.336 e. The van der Waals surface area contributed by atoms with E-state index in [-0.39, 0.29) is 11.7 Å². The summed E-state index contributed by atoms with van der Waals surface area (Å²) in [6.07, 6.45) is 7.33. The van der Waals surface area contributed by atoms with E-state index in [0.717, 1.165) is 34.3 Å². The molecule has 6 aromatic heterocycles. The molecule has 0 radical (unpaired) electrons. The number of imidazole rings is 1. The lowest BCUT2D eigenvalue weighted by molar-refractivity contribution is -0.116. The smallest absolute Gasteiger partial charge is 0.224 e. The summed E-state index contributed by atoms with van der Waals surface area (Å²) < 4.78 is 0. The van der Waals surface area contributed by atoms with Crippen molar-refractivity contribution in [3.63, 3.8) is 0 Å². The first-order valence-electron chi connectivity index (χ1n) is 12.6. The van der Waals surface area contributed by atoms with Gasteiger partial charge in [-0.05, 0) is 49.7 Å². The molecule has 3 N–H and O–H groups in total. The fourth-order valence-electron chi connectivity index (χ4n) is 4.32. The zero-order chi connectivity index (χ0) is 26.9. The van der Waals surface area contributed by atoms with Crippen LogP contribution in [0.5, 0.6) is 0 Å². The summed E-state index contributed by atoms with van der Waals surface area (Å²) in [5.41, 5.74) is 6.25. The molecule has 39 heavy (non-hydrogen) atoms. The van der Waals surface area contributed by atoms with Crippen molar-refractivity contribution in [2.45, 2.75) is 33.1 Å². The molecule has 0 unspecified atom stereocenters. The highest BCUT2D eigenvalue weighted by molar-refractivity contribution is 7.17. The third-order valence-corrected chi connectivity index (χ3v) is 7.49. The van der Waals surface area contributed by atoms with Crippen LogP contribution in [0.3, 0.4) is 0 Å². The Hall–Kier alpha value is -4.77. The molecule has 0 bridgehead atoms. The Labute approximate surface area is 227 Å². The third-order valence-electron chi connectivity index (χ3n) is 6.29. The molecule has 11 heteroatoms. The Bertz CT molecular complexity index is 1850. The van der Waals surface area contributed by atoms with Crippen LogP contribution < -0.4 is 5.32 Å². The number of aromatic nitrogens is 7. The molecule has 10 nitrogen and oxygen atoms in total. The molecular weight excluding hydrogens is 512 g/mol. The first-order chi connectivity index (χ1) is 19.0. The Morgan fingerprint density at radius 1 is 1.00 bits per heavy atom. The standard InChI is InChI=1S/C28H24N8O2S/c1-3-4-5-23(38)31-17-12-16(13-29-14-17)18-6-7-20-25(32-18)27(36-35-20)28-33-19-10-11-30-26(24(19)34-28)22-9-8-21(39-22)15(2)37/h6-14H,3-5H2,1-2H3,(H,31,38)(H,33,34)(H,35,36). The predicted molar refractivity (Wildman–Crippen MR) is 151 cm³/mol. The van der Waals surface area contributed by atoms with Gasteiger partial charge in [-0.3, -0.25) is 24.7 Å². The van der Waals surface area contributed by atoms with Crippen molar-refractivity contribution in [3.05, 3.63) is 59.9 Å². The lowest BCUT2D eigenvalue weighted by Gasteiger charge is -2.07. The quantitative estimate of drug-likeness (QED) is 0.202. The fourth-order valence-corrected chi connectivity index (χ4v) is 5.22. The average molecular weight is 537 g/mol. The third kappa shape index (κ3) is 4.79. The monoisotopic (exact) mass is 536 g/mol. The van der Waals surface area contributed by atoms with E-state index in [4.69, 9.17) is 9.97 Å². The van der Waals surface area contributed by atoms with E-state index in [0.29, 0.717) is 50.9 Å². The normalized spacial score (nSPS) is 11.3. The topological polar surface area (TPSA) is 142 Å². The van der Waals surface area contributed by atoms with E-state index >= 15 is 0 Å². The van der Waals surface area contributed by atoms with Gasteiger partial charge in [0.1, 0.15) is 16.7 Å². The molecule has 0 aromatic carbocycles. The Morgan fingerprint density at radius 3 is 2.69 bits per heavy atom. The van der Waals surface area contributed by atoms with Crippen LogP contribution in [0.2, 0.25) is 0 Å². The second kappa shape index (κ2) is 10.2. The number of fused-ring (bicyclic) bond motifs is 2. The summed E-state index contributed by atoms with van der Waals surface area (Å²) in [6, 6.07) is 11.2. The maximum absolute atomic E-state index is 12.2. The minimum absolute atomic E-state index is 0.0191. The van der Waals surface area contributed by atoms with Gasteiger partial charge < -0.3 is 10.3 Å². The second-order valence-corrected chi connectivity index (χ2v) is 10.2. The van der Waals surface area contributed by atoms with Crippen molar-refractivity contribution in [2.24, 2.45) is 0 Å². The number of anilines is 1. The summed E-state index contributed by atoms with van der Waals surface area (Å²) >= 11 is 1.39. The van der Waals surface area contributed by atoms with E-state index < -0.39 is 0 Å². The van der Waals surface area contributed by atoms with Crippen LogP contribution in [0.1, 0.15) is 42.8 Å². The summed E-state index contributed by atoms with van der Waals surface area (Å²) in [5.74, 6) is 0.536. The van der Waals surface area contributed by atoms with E-state index in [2.05, 4.69) is 37.4 Å². The van der Waals surface area contributed by atoms with Gasteiger partial charge in [0.2, 0.25) is 5.91 Å². The number of H-pyrrole nitrogens is 2. The number of Topliss-reactive ketones (excluding diaryl/α,β-unsaturated/α-hetero) is 1. The van der Waals surface area contributed by atoms with Crippen molar-refractivity contribution in [2.75, 3.05) is 5.32 Å². The molecular formula is C28H24N8O2S. The maximum Gasteiger partial charge on any atom is 0.224 e. The highest BCUT2D eigenvalue weighted by Gasteiger charge is 2.18. The van der Waals surface area contributed by atoms with Crippen LogP contribution in [0.25, 0.3) is 55.4 Å². The summed E-state index contributed by atoms with van der Waals surface area (Å²) in [6.45, 7) is 3.60. The number of aromatic amines is 2. The highest BCUT2D eigenvalue weighted by Crippen LogP contribution is 2.34. The van der Waals surface area contributed by atoms with Crippen molar-refractivity contribution in [3.8, 4) is 33.3 Å².